The molecule has 16 heavy (non-hydrogen) atoms. The molecule has 0 fully saturated rings. The van der Waals surface area contributed by atoms with Crippen molar-refractivity contribution < 1.29 is 4.79 Å². The molecule has 1 unspecified atom stereocenters. The second-order valence-corrected chi connectivity index (χ2v) is 5.00. The van der Waals surface area contributed by atoms with E-state index in [1.807, 2.05) is 20.8 Å². The van der Waals surface area contributed by atoms with Crippen LogP contribution >= 0.6 is 11.3 Å². The van der Waals surface area contributed by atoms with Crippen molar-refractivity contribution in [1.82, 2.24) is 10.6 Å². The molecule has 0 spiro atoms. The van der Waals surface area contributed by atoms with Gasteiger partial charge in [-0.15, -0.1) is 0 Å². The summed E-state index contributed by atoms with van der Waals surface area (Å²) in [5.41, 5.74) is 1.33. The molecule has 0 aliphatic carbocycles. The molecule has 0 aliphatic heterocycles. The highest BCUT2D eigenvalue weighted by Gasteiger charge is 2.12. The summed E-state index contributed by atoms with van der Waals surface area (Å²) in [6, 6.07) is 2.19. The maximum atomic E-state index is 11.6. The molecule has 3 nitrogen and oxygen atoms in total. The Kier molecular flexibility index (Phi) is 5.49. The zero-order valence-electron chi connectivity index (χ0n) is 10.1. The number of amides is 1. The summed E-state index contributed by atoms with van der Waals surface area (Å²) >= 11 is 1.71. The number of thiophene rings is 1. The molecule has 1 aromatic heterocycles. The summed E-state index contributed by atoms with van der Waals surface area (Å²) < 4.78 is 0. The fourth-order valence-electron chi connectivity index (χ4n) is 1.37. The van der Waals surface area contributed by atoms with Gasteiger partial charge in [-0.2, -0.15) is 11.3 Å². The number of hydrogen-bond donors (Lipinski definition) is 2. The van der Waals surface area contributed by atoms with Crippen molar-refractivity contribution in [2.45, 2.75) is 39.3 Å². The molecule has 0 saturated heterocycles. The van der Waals surface area contributed by atoms with E-state index >= 15 is 0 Å². The Labute approximate surface area is 101 Å². The van der Waals surface area contributed by atoms with Gasteiger partial charge in [0.1, 0.15) is 0 Å². The van der Waals surface area contributed by atoms with E-state index < -0.39 is 0 Å². The highest BCUT2D eigenvalue weighted by Crippen LogP contribution is 2.05. The molecule has 0 bridgehead atoms. The van der Waals surface area contributed by atoms with E-state index in [0.29, 0.717) is 0 Å². The van der Waals surface area contributed by atoms with Gasteiger partial charge in [-0.05, 0) is 56.1 Å². The standard InChI is InChI=1S/C12H20N2OS/c1-9(2)14-12(15)10(3)13-6-4-11-5-7-16-8-11/h5,7-10,13H,4,6H2,1-3H3,(H,14,15). The molecule has 0 radical (unpaired) electrons. The molecule has 1 rings (SSSR count). The quantitative estimate of drug-likeness (QED) is 0.796. The second-order valence-electron chi connectivity index (χ2n) is 4.22. The summed E-state index contributed by atoms with van der Waals surface area (Å²) in [6.07, 6.45) is 0.975. The lowest BCUT2D eigenvalue weighted by atomic mass is 10.2. The first-order valence-electron chi connectivity index (χ1n) is 5.64. The third-order valence-corrected chi connectivity index (χ3v) is 3.00. The van der Waals surface area contributed by atoms with Crippen LogP contribution in [0.15, 0.2) is 16.8 Å². The number of rotatable bonds is 6. The average Bonchev–Trinajstić information content (AvgIpc) is 2.69. The Morgan fingerprint density at radius 1 is 1.44 bits per heavy atom. The van der Waals surface area contributed by atoms with E-state index in [9.17, 15) is 4.79 Å². The highest BCUT2D eigenvalue weighted by molar-refractivity contribution is 7.07. The molecule has 0 aromatic carbocycles. The Hall–Kier alpha value is -0.870. The lowest BCUT2D eigenvalue weighted by Crippen LogP contribution is -2.45. The predicted octanol–water partition coefficient (Wildman–Crippen LogP) is 1.79. The molecule has 1 aromatic rings. The first-order chi connectivity index (χ1) is 7.59. The summed E-state index contributed by atoms with van der Waals surface area (Å²) in [6.45, 7) is 6.67. The molecule has 1 heterocycles. The van der Waals surface area contributed by atoms with Crippen LogP contribution < -0.4 is 10.6 Å². The molecule has 1 atom stereocenters. The minimum absolute atomic E-state index is 0.0697. The van der Waals surface area contributed by atoms with Gasteiger partial charge >= 0.3 is 0 Å². The van der Waals surface area contributed by atoms with Crippen molar-refractivity contribution in [2.75, 3.05) is 6.54 Å². The summed E-state index contributed by atoms with van der Waals surface area (Å²) in [5, 5.41) is 10.3. The van der Waals surface area contributed by atoms with Crippen molar-refractivity contribution >= 4 is 17.2 Å². The van der Waals surface area contributed by atoms with Crippen LogP contribution in [0.2, 0.25) is 0 Å². The van der Waals surface area contributed by atoms with Crippen LogP contribution in [0, 0.1) is 0 Å². The number of hydrogen-bond acceptors (Lipinski definition) is 3. The molecule has 0 aliphatic rings. The van der Waals surface area contributed by atoms with Crippen molar-refractivity contribution in [1.29, 1.82) is 0 Å². The number of nitrogens with one attached hydrogen (secondary N) is 2. The van der Waals surface area contributed by atoms with Gasteiger partial charge in [0.05, 0.1) is 6.04 Å². The predicted molar refractivity (Wildman–Crippen MR) is 68.8 cm³/mol. The van der Waals surface area contributed by atoms with Crippen LogP contribution in [-0.4, -0.2) is 24.5 Å². The zero-order chi connectivity index (χ0) is 12.0. The Morgan fingerprint density at radius 3 is 2.75 bits per heavy atom. The molecular weight excluding hydrogens is 220 g/mol. The minimum atomic E-state index is -0.124. The lowest BCUT2D eigenvalue weighted by molar-refractivity contribution is -0.123. The van der Waals surface area contributed by atoms with Crippen molar-refractivity contribution in [2.24, 2.45) is 0 Å². The van der Waals surface area contributed by atoms with E-state index in [4.69, 9.17) is 0 Å². The maximum Gasteiger partial charge on any atom is 0.237 e. The topological polar surface area (TPSA) is 41.1 Å². The molecule has 1 amide bonds. The van der Waals surface area contributed by atoms with E-state index in [0.717, 1.165) is 13.0 Å². The number of carbonyl (C=O) groups is 1. The third-order valence-electron chi connectivity index (χ3n) is 2.27. The van der Waals surface area contributed by atoms with Crippen molar-refractivity contribution in [3.8, 4) is 0 Å². The van der Waals surface area contributed by atoms with Gasteiger partial charge in [-0.25, -0.2) is 0 Å². The normalized spacial score (nSPS) is 12.8. The van der Waals surface area contributed by atoms with Gasteiger partial charge in [0.2, 0.25) is 5.91 Å². The van der Waals surface area contributed by atoms with Crippen LogP contribution in [0.25, 0.3) is 0 Å². The van der Waals surface area contributed by atoms with Gasteiger partial charge in [0.25, 0.3) is 0 Å². The van der Waals surface area contributed by atoms with E-state index in [2.05, 4.69) is 27.5 Å². The van der Waals surface area contributed by atoms with Crippen molar-refractivity contribution in [3.05, 3.63) is 22.4 Å². The largest absolute Gasteiger partial charge is 0.353 e. The van der Waals surface area contributed by atoms with Gasteiger partial charge in [-0.1, -0.05) is 0 Å². The first-order valence-corrected chi connectivity index (χ1v) is 6.58. The van der Waals surface area contributed by atoms with Crippen LogP contribution in [0.3, 0.4) is 0 Å². The fourth-order valence-corrected chi connectivity index (χ4v) is 2.07. The molecular formula is C12H20N2OS. The SMILES string of the molecule is CC(C)NC(=O)C(C)NCCc1ccsc1. The molecule has 90 valence electrons. The maximum absolute atomic E-state index is 11.6. The first kappa shape index (κ1) is 13.2. The molecule has 2 N–H and O–H groups in total. The van der Waals surface area contributed by atoms with Gasteiger partial charge in [0.15, 0.2) is 0 Å². The van der Waals surface area contributed by atoms with Crippen LogP contribution in [0.5, 0.6) is 0 Å². The average molecular weight is 240 g/mol. The Morgan fingerprint density at radius 2 is 2.19 bits per heavy atom. The van der Waals surface area contributed by atoms with Crippen LogP contribution in [-0.2, 0) is 11.2 Å². The van der Waals surface area contributed by atoms with Crippen molar-refractivity contribution in [3.63, 3.8) is 0 Å². The summed E-state index contributed by atoms with van der Waals surface area (Å²) in [7, 11) is 0. The van der Waals surface area contributed by atoms with Gasteiger partial charge in [-0.3, -0.25) is 4.79 Å². The summed E-state index contributed by atoms with van der Waals surface area (Å²) in [5.74, 6) is 0.0697. The minimum Gasteiger partial charge on any atom is -0.353 e. The monoisotopic (exact) mass is 240 g/mol. The Bertz CT molecular complexity index is 309. The third kappa shape index (κ3) is 4.77. The smallest absolute Gasteiger partial charge is 0.237 e. The summed E-state index contributed by atoms with van der Waals surface area (Å²) in [4.78, 5) is 11.6. The highest BCUT2D eigenvalue weighted by atomic mass is 32.1. The lowest BCUT2D eigenvalue weighted by Gasteiger charge is -2.15. The van der Waals surface area contributed by atoms with E-state index in [1.165, 1.54) is 5.56 Å². The van der Waals surface area contributed by atoms with E-state index in [1.54, 1.807) is 11.3 Å². The zero-order valence-corrected chi connectivity index (χ0v) is 10.9. The van der Waals surface area contributed by atoms with Crippen LogP contribution in [0.1, 0.15) is 26.3 Å². The van der Waals surface area contributed by atoms with Crippen LogP contribution in [0.4, 0.5) is 0 Å². The Balaban J connectivity index is 2.19. The van der Waals surface area contributed by atoms with E-state index in [-0.39, 0.29) is 18.0 Å². The van der Waals surface area contributed by atoms with Gasteiger partial charge in [0, 0.05) is 6.04 Å². The second kappa shape index (κ2) is 6.66. The number of carbonyl (C=O) groups excluding carboxylic acids is 1. The molecule has 4 heteroatoms. The van der Waals surface area contributed by atoms with Gasteiger partial charge < -0.3 is 10.6 Å². The fraction of sp³-hybridized carbons (Fsp3) is 0.583. The molecule has 0 saturated carbocycles.